The monoisotopic (exact) mass is 259 g/mol. The van der Waals surface area contributed by atoms with Crippen molar-refractivity contribution in [1.82, 2.24) is 9.36 Å². The van der Waals surface area contributed by atoms with Crippen LogP contribution in [0, 0.1) is 11.3 Å². The molecule has 0 unspecified atom stereocenters. The molecule has 92 valence electrons. The minimum atomic E-state index is 0.594. The molecule has 6 heteroatoms. The SMILES string of the molecule is N#Cc1cc2c(N)snc2nc1N1CCCCC1. The zero-order chi connectivity index (χ0) is 12.5. The van der Waals surface area contributed by atoms with Gasteiger partial charge in [-0.2, -0.15) is 9.64 Å². The van der Waals surface area contributed by atoms with Gasteiger partial charge >= 0.3 is 0 Å². The third kappa shape index (κ3) is 1.77. The minimum Gasteiger partial charge on any atom is -0.389 e. The average molecular weight is 259 g/mol. The largest absolute Gasteiger partial charge is 0.389 e. The van der Waals surface area contributed by atoms with Gasteiger partial charge < -0.3 is 10.6 Å². The highest BCUT2D eigenvalue weighted by atomic mass is 32.1. The lowest BCUT2D eigenvalue weighted by atomic mass is 10.1. The second-order valence-electron chi connectivity index (χ2n) is 4.44. The third-order valence-electron chi connectivity index (χ3n) is 3.25. The van der Waals surface area contributed by atoms with Crippen molar-refractivity contribution in [2.45, 2.75) is 19.3 Å². The molecule has 0 aromatic carbocycles. The van der Waals surface area contributed by atoms with Crippen LogP contribution in [0.2, 0.25) is 0 Å². The molecule has 3 rings (SSSR count). The predicted octanol–water partition coefficient (Wildman–Crippen LogP) is 2.14. The smallest absolute Gasteiger partial charge is 0.177 e. The van der Waals surface area contributed by atoms with Gasteiger partial charge in [0.25, 0.3) is 0 Å². The zero-order valence-corrected chi connectivity index (χ0v) is 10.7. The second kappa shape index (κ2) is 4.42. The number of nitrogens with two attached hydrogens (primary N) is 1. The van der Waals surface area contributed by atoms with Crippen LogP contribution in [0.1, 0.15) is 24.8 Å². The van der Waals surface area contributed by atoms with Gasteiger partial charge in [-0.1, -0.05) is 0 Å². The summed E-state index contributed by atoms with van der Waals surface area (Å²) in [4.78, 5) is 6.69. The van der Waals surface area contributed by atoms with Gasteiger partial charge in [0.2, 0.25) is 0 Å². The van der Waals surface area contributed by atoms with Crippen LogP contribution in [-0.2, 0) is 0 Å². The van der Waals surface area contributed by atoms with E-state index in [2.05, 4.69) is 20.3 Å². The van der Waals surface area contributed by atoms with Crippen LogP contribution in [0.3, 0.4) is 0 Å². The molecule has 18 heavy (non-hydrogen) atoms. The molecule has 0 amide bonds. The van der Waals surface area contributed by atoms with Crippen molar-refractivity contribution in [3.8, 4) is 6.07 Å². The number of anilines is 2. The summed E-state index contributed by atoms with van der Waals surface area (Å²) in [5, 5.41) is 10.7. The van der Waals surface area contributed by atoms with Gasteiger partial charge in [-0.15, -0.1) is 0 Å². The molecular weight excluding hydrogens is 246 g/mol. The first-order chi connectivity index (χ1) is 8.79. The van der Waals surface area contributed by atoms with Crippen molar-refractivity contribution in [2.24, 2.45) is 0 Å². The number of fused-ring (bicyclic) bond motifs is 1. The van der Waals surface area contributed by atoms with Gasteiger partial charge in [0.15, 0.2) is 5.65 Å². The lowest BCUT2D eigenvalue weighted by Gasteiger charge is -2.28. The Balaban J connectivity index is 2.12. The summed E-state index contributed by atoms with van der Waals surface area (Å²) in [7, 11) is 0. The fraction of sp³-hybridized carbons (Fsp3) is 0.417. The predicted molar refractivity (Wildman–Crippen MR) is 72.6 cm³/mol. The molecule has 1 fully saturated rings. The lowest BCUT2D eigenvalue weighted by Crippen LogP contribution is -2.30. The fourth-order valence-corrected chi connectivity index (χ4v) is 2.89. The third-order valence-corrected chi connectivity index (χ3v) is 3.94. The normalized spacial score (nSPS) is 15.8. The molecule has 1 aliphatic rings. The molecule has 2 aromatic heterocycles. The van der Waals surface area contributed by atoms with E-state index in [0.717, 1.165) is 37.1 Å². The van der Waals surface area contributed by atoms with Crippen LogP contribution in [-0.4, -0.2) is 22.4 Å². The number of aromatic nitrogens is 2. The van der Waals surface area contributed by atoms with Crippen LogP contribution >= 0.6 is 11.5 Å². The van der Waals surface area contributed by atoms with Gasteiger partial charge in [-0.25, -0.2) is 4.98 Å². The summed E-state index contributed by atoms with van der Waals surface area (Å²) in [5.74, 6) is 0.759. The molecule has 2 aromatic rings. The van der Waals surface area contributed by atoms with Gasteiger partial charge in [-0.3, -0.25) is 0 Å². The Morgan fingerprint density at radius 3 is 2.83 bits per heavy atom. The number of hydrogen-bond acceptors (Lipinski definition) is 6. The van der Waals surface area contributed by atoms with E-state index in [4.69, 9.17) is 5.73 Å². The van der Waals surface area contributed by atoms with Gasteiger partial charge in [0.05, 0.1) is 10.9 Å². The molecule has 0 spiro atoms. The number of rotatable bonds is 1. The maximum atomic E-state index is 9.26. The molecule has 5 nitrogen and oxygen atoms in total. The summed E-state index contributed by atoms with van der Waals surface area (Å²) in [6.45, 7) is 1.93. The first-order valence-electron chi connectivity index (χ1n) is 6.00. The van der Waals surface area contributed by atoms with Crippen LogP contribution in [0.5, 0.6) is 0 Å². The topological polar surface area (TPSA) is 78.8 Å². The van der Waals surface area contributed by atoms with Crippen molar-refractivity contribution in [3.05, 3.63) is 11.6 Å². The van der Waals surface area contributed by atoms with Crippen molar-refractivity contribution >= 4 is 33.4 Å². The Morgan fingerprint density at radius 2 is 2.11 bits per heavy atom. The van der Waals surface area contributed by atoms with Crippen LogP contribution in [0.25, 0.3) is 11.0 Å². The molecule has 2 N–H and O–H groups in total. The number of pyridine rings is 1. The molecule has 0 aliphatic carbocycles. The summed E-state index contributed by atoms with van der Waals surface area (Å²) < 4.78 is 4.22. The molecule has 0 radical (unpaired) electrons. The standard InChI is InChI=1S/C12H13N5S/c13-7-8-6-9-10(14)18-16-11(9)15-12(8)17-4-2-1-3-5-17/h6H,1-5,14H2. The number of piperidine rings is 1. The number of nitrogen functional groups attached to an aromatic ring is 1. The summed E-state index contributed by atoms with van der Waals surface area (Å²) >= 11 is 1.23. The number of nitrogens with zero attached hydrogens (tertiary/aromatic N) is 4. The molecule has 0 saturated carbocycles. The zero-order valence-electron chi connectivity index (χ0n) is 9.89. The molecule has 0 bridgehead atoms. The van der Waals surface area contributed by atoms with E-state index in [1.54, 1.807) is 0 Å². The Bertz CT molecular complexity index is 621. The molecule has 0 atom stereocenters. The minimum absolute atomic E-state index is 0.594. The molecule has 1 saturated heterocycles. The summed E-state index contributed by atoms with van der Waals surface area (Å²) in [6, 6.07) is 4.03. The number of hydrogen-bond donors (Lipinski definition) is 1. The Kier molecular flexibility index (Phi) is 2.76. The summed E-state index contributed by atoms with van der Waals surface area (Å²) in [5.41, 5.74) is 7.07. The first kappa shape index (κ1) is 11.2. The van der Waals surface area contributed by atoms with Crippen LogP contribution in [0.4, 0.5) is 10.8 Å². The lowest BCUT2D eigenvalue weighted by molar-refractivity contribution is 0.573. The van der Waals surface area contributed by atoms with E-state index in [1.165, 1.54) is 18.0 Å². The van der Waals surface area contributed by atoms with Gasteiger partial charge in [0, 0.05) is 13.1 Å². The van der Waals surface area contributed by atoms with Crippen molar-refractivity contribution in [2.75, 3.05) is 23.7 Å². The highest BCUT2D eigenvalue weighted by Gasteiger charge is 2.18. The number of nitriles is 1. The summed E-state index contributed by atoms with van der Waals surface area (Å²) in [6.07, 6.45) is 3.57. The molecule has 1 aliphatic heterocycles. The highest BCUT2D eigenvalue weighted by molar-refractivity contribution is 7.11. The van der Waals surface area contributed by atoms with E-state index in [-0.39, 0.29) is 0 Å². The van der Waals surface area contributed by atoms with Crippen LogP contribution in [0.15, 0.2) is 6.07 Å². The van der Waals surface area contributed by atoms with E-state index in [0.29, 0.717) is 16.2 Å². The Morgan fingerprint density at radius 1 is 1.33 bits per heavy atom. The quantitative estimate of drug-likeness (QED) is 0.848. The maximum absolute atomic E-state index is 9.26. The average Bonchev–Trinajstić information content (AvgIpc) is 2.79. The van der Waals surface area contributed by atoms with E-state index < -0.39 is 0 Å². The van der Waals surface area contributed by atoms with Crippen molar-refractivity contribution in [1.29, 1.82) is 5.26 Å². The van der Waals surface area contributed by atoms with Crippen molar-refractivity contribution in [3.63, 3.8) is 0 Å². The van der Waals surface area contributed by atoms with Gasteiger partial charge in [0.1, 0.15) is 16.9 Å². The van der Waals surface area contributed by atoms with E-state index in [1.807, 2.05) is 6.07 Å². The van der Waals surface area contributed by atoms with E-state index >= 15 is 0 Å². The Hall–Kier alpha value is -1.87. The van der Waals surface area contributed by atoms with Crippen molar-refractivity contribution < 1.29 is 0 Å². The molecule has 3 heterocycles. The fourth-order valence-electron chi connectivity index (χ4n) is 2.32. The molecular formula is C12H13N5S. The van der Waals surface area contributed by atoms with E-state index in [9.17, 15) is 5.26 Å². The maximum Gasteiger partial charge on any atom is 0.177 e. The highest BCUT2D eigenvalue weighted by Crippen LogP contribution is 2.29. The Labute approximate surface area is 109 Å². The van der Waals surface area contributed by atoms with Gasteiger partial charge in [-0.05, 0) is 36.9 Å². The first-order valence-corrected chi connectivity index (χ1v) is 6.78. The van der Waals surface area contributed by atoms with Crippen LogP contribution < -0.4 is 10.6 Å². The second-order valence-corrected chi connectivity index (χ2v) is 5.24.